The van der Waals surface area contributed by atoms with Crippen LogP contribution in [0.5, 0.6) is 5.75 Å². The van der Waals surface area contributed by atoms with Crippen LogP contribution in [0.1, 0.15) is 47.8 Å². The van der Waals surface area contributed by atoms with Crippen LogP contribution in [0.25, 0.3) is 0 Å². The summed E-state index contributed by atoms with van der Waals surface area (Å²) < 4.78 is 31.5. The lowest BCUT2D eigenvalue weighted by Gasteiger charge is -2.38. The minimum Gasteiger partial charge on any atom is -0.487 e. The fourth-order valence-electron chi connectivity index (χ4n) is 3.36. The molecule has 0 aliphatic carbocycles. The molecule has 1 aliphatic rings. The second-order valence-corrected chi connectivity index (χ2v) is 9.23. The predicted octanol–water partition coefficient (Wildman–Crippen LogP) is 3.40. The first-order valence-corrected chi connectivity index (χ1v) is 10.6. The number of amides is 1. The maximum Gasteiger partial charge on any atom is 0.252 e. The highest BCUT2D eigenvalue weighted by atomic mass is 32.2. The van der Waals surface area contributed by atoms with Crippen molar-refractivity contribution in [2.75, 3.05) is 11.0 Å². The van der Waals surface area contributed by atoms with Crippen LogP contribution in [0, 0.1) is 6.92 Å². The summed E-state index contributed by atoms with van der Waals surface area (Å²) in [4.78, 5) is 12.9. The molecule has 1 atom stereocenters. The van der Waals surface area contributed by atoms with Crippen molar-refractivity contribution in [2.45, 2.75) is 38.8 Å². The molecule has 0 fully saturated rings. The SMILES string of the molecule is Cc1c(NS(C)(=O)=O)cccc1C(=O)NC1CC(C)(C)Oc2ccccc21. The van der Waals surface area contributed by atoms with Gasteiger partial charge in [-0.3, -0.25) is 9.52 Å². The molecule has 2 aromatic rings. The lowest BCUT2D eigenvalue weighted by Crippen LogP contribution is -2.41. The third kappa shape index (κ3) is 4.42. The van der Waals surface area contributed by atoms with Crippen LogP contribution < -0.4 is 14.8 Å². The number of ether oxygens (including phenoxy) is 1. The highest BCUT2D eigenvalue weighted by molar-refractivity contribution is 7.92. The van der Waals surface area contributed by atoms with Crippen molar-refractivity contribution in [3.63, 3.8) is 0 Å². The molecule has 0 saturated heterocycles. The Kier molecular flexibility index (Phi) is 4.90. The van der Waals surface area contributed by atoms with Crippen molar-refractivity contribution in [3.8, 4) is 5.75 Å². The van der Waals surface area contributed by atoms with Crippen LogP contribution in [-0.2, 0) is 10.0 Å². The van der Waals surface area contributed by atoms with Crippen molar-refractivity contribution >= 4 is 21.6 Å². The molecular weight excluding hydrogens is 364 g/mol. The summed E-state index contributed by atoms with van der Waals surface area (Å²) in [5.74, 6) is 0.519. The number of carbonyl (C=O) groups is 1. The minimum absolute atomic E-state index is 0.191. The van der Waals surface area contributed by atoms with E-state index in [0.29, 0.717) is 23.2 Å². The normalized spacial score (nSPS) is 18.1. The fraction of sp³-hybridized carbons (Fsp3) is 0.350. The summed E-state index contributed by atoms with van der Waals surface area (Å²) >= 11 is 0. The number of hydrogen-bond donors (Lipinski definition) is 2. The van der Waals surface area contributed by atoms with E-state index in [1.165, 1.54) is 0 Å². The highest BCUT2D eigenvalue weighted by Gasteiger charge is 2.34. The number of hydrogen-bond acceptors (Lipinski definition) is 4. The molecule has 0 aromatic heterocycles. The largest absolute Gasteiger partial charge is 0.487 e. The molecule has 0 radical (unpaired) electrons. The number of rotatable bonds is 4. The molecule has 2 aromatic carbocycles. The van der Waals surface area contributed by atoms with E-state index in [1.54, 1.807) is 25.1 Å². The van der Waals surface area contributed by atoms with E-state index in [4.69, 9.17) is 4.74 Å². The number of anilines is 1. The van der Waals surface area contributed by atoms with Crippen LogP contribution in [-0.4, -0.2) is 26.2 Å². The first kappa shape index (κ1) is 19.2. The summed E-state index contributed by atoms with van der Waals surface area (Å²) in [6.07, 6.45) is 1.72. The standard InChI is InChI=1S/C20H24N2O4S/c1-13-14(9-7-10-16(13)22-27(4,24)25)19(23)21-17-12-20(2,3)26-18-11-6-5-8-15(17)18/h5-11,17,22H,12H2,1-4H3,(H,21,23). The molecule has 1 aliphatic heterocycles. The maximum absolute atomic E-state index is 12.9. The van der Waals surface area contributed by atoms with Gasteiger partial charge in [0.1, 0.15) is 11.4 Å². The molecule has 144 valence electrons. The molecular formula is C20H24N2O4S. The smallest absolute Gasteiger partial charge is 0.252 e. The Morgan fingerprint density at radius 1 is 1.15 bits per heavy atom. The molecule has 1 unspecified atom stereocenters. The highest BCUT2D eigenvalue weighted by Crippen LogP contribution is 2.39. The van der Waals surface area contributed by atoms with E-state index >= 15 is 0 Å². The average molecular weight is 388 g/mol. The van der Waals surface area contributed by atoms with Gasteiger partial charge in [-0.05, 0) is 44.5 Å². The summed E-state index contributed by atoms with van der Waals surface area (Å²) in [5.41, 5.74) is 1.96. The summed E-state index contributed by atoms with van der Waals surface area (Å²) in [6.45, 7) is 5.71. The minimum atomic E-state index is -3.42. The van der Waals surface area contributed by atoms with Crippen molar-refractivity contribution in [1.82, 2.24) is 5.32 Å². The van der Waals surface area contributed by atoms with Crippen LogP contribution in [0.3, 0.4) is 0 Å². The molecule has 0 bridgehead atoms. The first-order chi connectivity index (χ1) is 12.6. The zero-order chi connectivity index (χ0) is 19.8. The second kappa shape index (κ2) is 6.88. The molecule has 3 rings (SSSR count). The number of para-hydroxylation sites is 1. The van der Waals surface area contributed by atoms with Crippen molar-refractivity contribution in [1.29, 1.82) is 0 Å². The first-order valence-electron chi connectivity index (χ1n) is 8.72. The van der Waals surface area contributed by atoms with E-state index in [1.807, 2.05) is 38.1 Å². The van der Waals surface area contributed by atoms with Gasteiger partial charge in [-0.25, -0.2) is 8.42 Å². The molecule has 27 heavy (non-hydrogen) atoms. The number of sulfonamides is 1. The fourth-order valence-corrected chi connectivity index (χ4v) is 3.98. The van der Waals surface area contributed by atoms with Gasteiger partial charge in [0.25, 0.3) is 5.91 Å². The van der Waals surface area contributed by atoms with E-state index in [9.17, 15) is 13.2 Å². The Labute approximate surface area is 160 Å². The zero-order valence-corrected chi connectivity index (χ0v) is 16.7. The molecule has 6 nitrogen and oxygen atoms in total. The Morgan fingerprint density at radius 3 is 2.56 bits per heavy atom. The lowest BCUT2D eigenvalue weighted by molar-refractivity contribution is 0.0619. The van der Waals surface area contributed by atoms with Gasteiger partial charge < -0.3 is 10.1 Å². The van der Waals surface area contributed by atoms with Gasteiger partial charge >= 0.3 is 0 Å². The van der Waals surface area contributed by atoms with Crippen LogP contribution in [0.2, 0.25) is 0 Å². The van der Waals surface area contributed by atoms with E-state index in [-0.39, 0.29) is 11.9 Å². The Morgan fingerprint density at radius 2 is 1.85 bits per heavy atom. The molecule has 0 spiro atoms. The van der Waals surface area contributed by atoms with Gasteiger partial charge in [-0.1, -0.05) is 24.3 Å². The second-order valence-electron chi connectivity index (χ2n) is 7.48. The van der Waals surface area contributed by atoms with Gasteiger partial charge in [0.2, 0.25) is 10.0 Å². The van der Waals surface area contributed by atoms with Crippen LogP contribution in [0.4, 0.5) is 5.69 Å². The quantitative estimate of drug-likeness (QED) is 0.841. The van der Waals surface area contributed by atoms with Crippen molar-refractivity contribution in [3.05, 3.63) is 59.2 Å². The Bertz CT molecular complexity index is 983. The third-order valence-electron chi connectivity index (χ3n) is 4.56. The van der Waals surface area contributed by atoms with E-state index < -0.39 is 15.6 Å². The molecule has 7 heteroatoms. The Hall–Kier alpha value is -2.54. The summed E-state index contributed by atoms with van der Waals surface area (Å²) in [5, 5.41) is 3.08. The topological polar surface area (TPSA) is 84.5 Å². The summed E-state index contributed by atoms with van der Waals surface area (Å²) in [6, 6.07) is 12.5. The molecule has 0 saturated carbocycles. The van der Waals surface area contributed by atoms with Crippen LogP contribution in [0.15, 0.2) is 42.5 Å². The molecule has 1 amide bonds. The van der Waals surface area contributed by atoms with Crippen LogP contribution >= 0.6 is 0 Å². The van der Waals surface area contributed by atoms with Gasteiger partial charge in [-0.15, -0.1) is 0 Å². The van der Waals surface area contributed by atoms with E-state index in [2.05, 4.69) is 10.0 Å². The number of benzene rings is 2. The summed E-state index contributed by atoms with van der Waals surface area (Å²) in [7, 11) is -3.42. The van der Waals surface area contributed by atoms with E-state index in [0.717, 1.165) is 17.6 Å². The Balaban J connectivity index is 1.89. The molecule has 2 N–H and O–H groups in total. The average Bonchev–Trinajstić information content (AvgIpc) is 2.54. The van der Waals surface area contributed by atoms with Gasteiger partial charge in [-0.2, -0.15) is 0 Å². The van der Waals surface area contributed by atoms with Gasteiger partial charge in [0, 0.05) is 17.5 Å². The monoisotopic (exact) mass is 388 g/mol. The van der Waals surface area contributed by atoms with Gasteiger partial charge in [0.15, 0.2) is 0 Å². The third-order valence-corrected chi connectivity index (χ3v) is 5.15. The van der Waals surface area contributed by atoms with Gasteiger partial charge in [0.05, 0.1) is 18.0 Å². The molecule has 1 heterocycles. The lowest BCUT2D eigenvalue weighted by atomic mass is 9.89. The van der Waals surface area contributed by atoms with Crippen molar-refractivity contribution in [2.24, 2.45) is 0 Å². The predicted molar refractivity (Wildman–Crippen MR) is 106 cm³/mol. The number of fused-ring (bicyclic) bond motifs is 1. The number of nitrogens with one attached hydrogen (secondary N) is 2. The number of carbonyl (C=O) groups excluding carboxylic acids is 1. The van der Waals surface area contributed by atoms with Crippen molar-refractivity contribution < 1.29 is 17.9 Å². The zero-order valence-electron chi connectivity index (χ0n) is 15.9. The maximum atomic E-state index is 12.9.